The van der Waals surface area contributed by atoms with Crippen LogP contribution in [0.2, 0.25) is 0 Å². The summed E-state index contributed by atoms with van der Waals surface area (Å²) >= 11 is 0. The Balaban J connectivity index is 2.69. The van der Waals surface area contributed by atoms with Gasteiger partial charge in [0.1, 0.15) is 0 Å². The average molecular weight is 250 g/mol. The van der Waals surface area contributed by atoms with E-state index in [1.807, 2.05) is 37.3 Å². The summed E-state index contributed by atoms with van der Waals surface area (Å²) in [6, 6.07) is 9.02. The van der Waals surface area contributed by atoms with Crippen molar-refractivity contribution in [3.8, 4) is 0 Å². The van der Waals surface area contributed by atoms with E-state index in [1.54, 1.807) is 4.90 Å². The number of nitrogens with one attached hydrogen (secondary N) is 1. The van der Waals surface area contributed by atoms with Crippen LogP contribution in [0.1, 0.15) is 19.8 Å². The van der Waals surface area contributed by atoms with Crippen LogP contribution in [0.5, 0.6) is 0 Å². The first-order valence-electron chi connectivity index (χ1n) is 5.97. The number of rotatable bonds is 6. The molecule has 0 saturated carbocycles. The van der Waals surface area contributed by atoms with E-state index in [0.29, 0.717) is 19.5 Å². The molecule has 0 unspecified atom stereocenters. The fourth-order valence-electron chi connectivity index (χ4n) is 1.59. The molecule has 0 saturated heterocycles. The Bertz CT molecular complexity index is 392. The number of carbonyl (C=O) groups is 2. The molecular formula is C13H18N2O3. The summed E-state index contributed by atoms with van der Waals surface area (Å²) in [5, 5.41) is 11.3. The number of nitrogens with zero attached hydrogens (tertiary/aromatic N) is 1. The van der Waals surface area contributed by atoms with Crippen molar-refractivity contribution in [3.63, 3.8) is 0 Å². The quantitative estimate of drug-likeness (QED) is 0.812. The Hall–Kier alpha value is -2.04. The molecule has 0 atom stereocenters. The van der Waals surface area contributed by atoms with Crippen molar-refractivity contribution in [2.75, 3.05) is 18.0 Å². The average Bonchev–Trinajstić information content (AvgIpc) is 2.35. The van der Waals surface area contributed by atoms with Gasteiger partial charge in [0.2, 0.25) is 0 Å². The Labute approximate surface area is 106 Å². The van der Waals surface area contributed by atoms with Crippen molar-refractivity contribution in [3.05, 3.63) is 30.3 Å². The summed E-state index contributed by atoms with van der Waals surface area (Å²) in [6.07, 6.45) is 0.490. The molecule has 5 nitrogen and oxygen atoms in total. The van der Waals surface area contributed by atoms with Gasteiger partial charge in [-0.3, -0.25) is 9.69 Å². The van der Waals surface area contributed by atoms with E-state index in [4.69, 9.17) is 5.11 Å². The molecule has 18 heavy (non-hydrogen) atoms. The van der Waals surface area contributed by atoms with Gasteiger partial charge in [0.25, 0.3) is 0 Å². The van der Waals surface area contributed by atoms with Gasteiger partial charge in [0, 0.05) is 25.2 Å². The third-order valence-electron chi connectivity index (χ3n) is 2.41. The third kappa shape index (κ3) is 4.45. The van der Waals surface area contributed by atoms with E-state index in [2.05, 4.69) is 5.32 Å². The number of aliphatic carboxylic acids is 1. The van der Waals surface area contributed by atoms with Crippen molar-refractivity contribution >= 4 is 17.7 Å². The van der Waals surface area contributed by atoms with Crippen LogP contribution in [0.25, 0.3) is 0 Å². The molecule has 0 aliphatic rings. The van der Waals surface area contributed by atoms with Crippen molar-refractivity contribution in [1.82, 2.24) is 5.32 Å². The molecule has 1 aromatic carbocycles. The minimum absolute atomic E-state index is 0.0583. The van der Waals surface area contributed by atoms with Gasteiger partial charge < -0.3 is 10.4 Å². The summed E-state index contributed by atoms with van der Waals surface area (Å²) in [5.74, 6) is -0.848. The standard InChI is InChI=1S/C13H18N2O3/c1-2-14-13(18)15(10-6-9-12(16)17)11-7-4-3-5-8-11/h3-5,7-8H,2,6,9-10H2,1H3,(H,14,18)(H,16,17). The lowest BCUT2D eigenvalue weighted by Gasteiger charge is -2.22. The number of benzene rings is 1. The molecule has 0 aromatic heterocycles. The Morgan fingerprint density at radius 1 is 1.28 bits per heavy atom. The molecule has 0 radical (unpaired) electrons. The number of anilines is 1. The molecule has 98 valence electrons. The van der Waals surface area contributed by atoms with E-state index >= 15 is 0 Å². The largest absolute Gasteiger partial charge is 0.481 e. The van der Waals surface area contributed by atoms with Gasteiger partial charge in [0.15, 0.2) is 0 Å². The molecule has 0 bridgehead atoms. The second kappa shape index (κ2) is 7.32. The first kappa shape index (κ1) is 14.0. The van der Waals surface area contributed by atoms with Crippen LogP contribution >= 0.6 is 0 Å². The molecule has 0 fully saturated rings. The van der Waals surface area contributed by atoms with Gasteiger partial charge in [0.05, 0.1) is 0 Å². The molecule has 0 heterocycles. The van der Waals surface area contributed by atoms with Crippen LogP contribution in [0.4, 0.5) is 10.5 Å². The van der Waals surface area contributed by atoms with E-state index in [9.17, 15) is 9.59 Å². The number of carboxylic acids is 1. The highest BCUT2D eigenvalue weighted by Crippen LogP contribution is 2.14. The number of urea groups is 1. The Kier molecular flexibility index (Phi) is 5.70. The monoisotopic (exact) mass is 250 g/mol. The minimum atomic E-state index is -0.848. The fourth-order valence-corrected chi connectivity index (χ4v) is 1.59. The van der Waals surface area contributed by atoms with Crippen LogP contribution in [0, 0.1) is 0 Å². The molecular weight excluding hydrogens is 232 g/mol. The van der Waals surface area contributed by atoms with Crippen LogP contribution in [-0.2, 0) is 4.79 Å². The second-order valence-corrected chi connectivity index (χ2v) is 3.82. The van der Waals surface area contributed by atoms with Crippen LogP contribution < -0.4 is 10.2 Å². The zero-order valence-corrected chi connectivity index (χ0v) is 10.4. The van der Waals surface area contributed by atoms with Gasteiger partial charge in [-0.15, -0.1) is 0 Å². The number of carbonyl (C=O) groups excluding carboxylic acids is 1. The smallest absolute Gasteiger partial charge is 0.321 e. The number of amides is 2. The van der Waals surface area contributed by atoms with Crippen molar-refractivity contribution < 1.29 is 14.7 Å². The molecule has 0 aliphatic carbocycles. The highest BCUT2D eigenvalue weighted by atomic mass is 16.4. The summed E-state index contributed by atoms with van der Waals surface area (Å²) in [4.78, 5) is 23.9. The molecule has 5 heteroatoms. The minimum Gasteiger partial charge on any atom is -0.481 e. The van der Waals surface area contributed by atoms with Gasteiger partial charge in [-0.1, -0.05) is 18.2 Å². The molecule has 0 spiro atoms. The molecule has 1 aromatic rings. The zero-order chi connectivity index (χ0) is 13.4. The Morgan fingerprint density at radius 3 is 2.50 bits per heavy atom. The van der Waals surface area contributed by atoms with E-state index in [-0.39, 0.29) is 12.5 Å². The highest BCUT2D eigenvalue weighted by Gasteiger charge is 2.14. The maximum absolute atomic E-state index is 11.9. The van der Waals surface area contributed by atoms with Gasteiger partial charge in [-0.05, 0) is 25.5 Å². The summed E-state index contributed by atoms with van der Waals surface area (Å²) < 4.78 is 0. The molecule has 2 N–H and O–H groups in total. The lowest BCUT2D eigenvalue weighted by atomic mass is 10.2. The number of carboxylic acid groups (broad SMARTS) is 1. The fraction of sp³-hybridized carbons (Fsp3) is 0.385. The van der Waals surface area contributed by atoms with Crippen LogP contribution in [-0.4, -0.2) is 30.2 Å². The SMILES string of the molecule is CCNC(=O)N(CCCC(=O)O)c1ccccc1. The second-order valence-electron chi connectivity index (χ2n) is 3.82. The van der Waals surface area contributed by atoms with E-state index < -0.39 is 5.97 Å². The van der Waals surface area contributed by atoms with Crippen LogP contribution in [0.15, 0.2) is 30.3 Å². The lowest BCUT2D eigenvalue weighted by Crippen LogP contribution is -2.40. The van der Waals surface area contributed by atoms with Crippen molar-refractivity contribution in [2.24, 2.45) is 0 Å². The van der Waals surface area contributed by atoms with Crippen molar-refractivity contribution in [2.45, 2.75) is 19.8 Å². The maximum Gasteiger partial charge on any atom is 0.321 e. The molecule has 0 aliphatic heterocycles. The van der Waals surface area contributed by atoms with Crippen LogP contribution in [0.3, 0.4) is 0 Å². The topological polar surface area (TPSA) is 69.6 Å². The number of hydrogen-bond donors (Lipinski definition) is 2. The third-order valence-corrected chi connectivity index (χ3v) is 2.41. The molecule has 1 rings (SSSR count). The van der Waals surface area contributed by atoms with Crippen molar-refractivity contribution in [1.29, 1.82) is 0 Å². The summed E-state index contributed by atoms with van der Waals surface area (Å²) in [6.45, 7) is 2.78. The van der Waals surface area contributed by atoms with Gasteiger partial charge in [-0.25, -0.2) is 4.79 Å². The normalized spacial score (nSPS) is 9.83. The Morgan fingerprint density at radius 2 is 1.94 bits per heavy atom. The van der Waals surface area contributed by atoms with E-state index in [1.165, 1.54) is 0 Å². The summed E-state index contributed by atoms with van der Waals surface area (Å²) in [7, 11) is 0. The first-order chi connectivity index (χ1) is 8.65. The van der Waals surface area contributed by atoms with E-state index in [0.717, 1.165) is 5.69 Å². The zero-order valence-electron chi connectivity index (χ0n) is 10.4. The predicted molar refractivity (Wildman–Crippen MR) is 69.7 cm³/mol. The van der Waals surface area contributed by atoms with Gasteiger partial charge >= 0.3 is 12.0 Å². The first-order valence-corrected chi connectivity index (χ1v) is 5.97. The lowest BCUT2D eigenvalue weighted by molar-refractivity contribution is -0.137. The number of hydrogen-bond acceptors (Lipinski definition) is 2. The maximum atomic E-state index is 11.9. The predicted octanol–water partition coefficient (Wildman–Crippen LogP) is 2.09. The number of para-hydroxylation sites is 1. The molecule has 2 amide bonds. The van der Waals surface area contributed by atoms with Gasteiger partial charge in [-0.2, -0.15) is 0 Å². The summed E-state index contributed by atoms with van der Waals surface area (Å²) in [5.41, 5.74) is 0.772. The highest BCUT2D eigenvalue weighted by molar-refractivity contribution is 5.91.